The molecule has 20 aromatic rings. The third-order valence-electron chi connectivity index (χ3n) is 21.9. The van der Waals surface area contributed by atoms with Crippen LogP contribution >= 0.6 is 31.9 Å². The first-order valence-electron chi connectivity index (χ1n) is 37.5. The molecule has 4 nitrogen and oxygen atoms in total. The van der Waals surface area contributed by atoms with E-state index in [-0.39, 0.29) is 0 Å². The van der Waals surface area contributed by atoms with Crippen LogP contribution in [0.15, 0.2) is 385 Å². The molecule has 0 amide bonds. The van der Waals surface area contributed by atoms with E-state index in [1.807, 2.05) is 0 Å². The highest BCUT2D eigenvalue weighted by Crippen LogP contribution is 2.52. The van der Waals surface area contributed by atoms with Crippen LogP contribution in [0.5, 0.6) is 0 Å². The minimum Gasteiger partial charge on any atom is -0.310 e. The summed E-state index contributed by atoms with van der Waals surface area (Å²) in [5, 5.41) is 24.2. The highest BCUT2D eigenvalue weighted by Gasteiger charge is 2.26. The predicted molar refractivity (Wildman–Crippen MR) is 481 cm³/mol. The van der Waals surface area contributed by atoms with E-state index >= 15 is 0 Å². The molecule has 0 atom stereocenters. The normalized spacial score (nSPS) is 11.5. The van der Waals surface area contributed by atoms with Gasteiger partial charge in [0.15, 0.2) is 0 Å². The van der Waals surface area contributed by atoms with Crippen molar-refractivity contribution < 1.29 is 0 Å². The highest BCUT2D eigenvalue weighted by molar-refractivity contribution is 9.10. The Kier molecular flexibility index (Phi) is 17.5. The maximum Gasteiger partial charge on any atom is 0.0546 e. The quantitative estimate of drug-likeness (QED) is 0.113. The standard InChI is InChI=1S/C52H36Br2N2.C52H38N2/c1-33-11-21-41(22-12-33)55(43-25-17-35-27-39(53)19-15-37(35)29-43)51-31-49-46-8-4-6-10-48(46)52(32-50(49)45-7-3-5-9-47(45)51)56(42-23-13-34(2)14-24-42)44-26-18-36-28-40(54)20-16-38(36)30-44;1-35-19-25-41(26-20-35)53(43-29-23-37-11-3-5-13-39(37)31-43)51-33-49-46-16-8-10-18-48(46)52(34-50(49)45-15-7-9-17-47(45)51)54(42-27-21-36(2)22-28-42)44-30-24-38-12-4-6-14-40(38)32-44/h3-32H,1-2H3;3-34H,1-2H3. The van der Waals surface area contributed by atoms with Crippen molar-refractivity contribution in [3.8, 4) is 0 Å². The van der Waals surface area contributed by atoms with E-state index in [0.29, 0.717) is 0 Å². The molecule has 0 aliphatic carbocycles. The van der Waals surface area contributed by atoms with Gasteiger partial charge in [0.05, 0.1) is 22.7 Å². The molecule has 0 fully saturated rings. The van der Waals surface area contributed by atoms with Crippen LogP contribution in [0.2, 0.25) is 0 Å². The molecule has 524 valence electrons. The molecule has 20 rings (SSSR count). The Morgan fingerprint density at radius 1 is 0.155 bits per heavy atom. The number of halogens is 2. The summed E-state index contributed by atoms with van der Waals surface area (Å²) < 4.78 is 2.16. The van der Waals surface area contributed by atoms with Crippen LogP contribution in [0, 0.1) is 27.7 Å². The Hall–Kier alpha value is -12.8. The Labute approximate surface area is 657 Å². The van der Waals surface area contributed by atoms with Crippen LogP contribution < -0.4 is 19.6 Å². The van der Waals surface area contributed by atoms with Gasteiger partial charge in [0.2, 0.25) is 0 Å². The fourth-order valence-corrected chi connectivity index (χ4v) is 17.1. The van der Waals surface area contributed by atoms with E-state index in [4.69, 9.17) is 0 Å². The zero-order valence-corrected chi connectivity index (χ0v) is 64.5. The second kappa shape index (κ2) is 28.4. The van der Waals surface area contributed by atoms with Gasteiger partial charge in [-0.2, -0.15) is 0 Å². The number of benzene rings is 20. The Morgan fingerprint density at radius 2 is 0.345 bits per heavy atom. The molecule has 0 aromatic heterocycles. The maximum absolute atomic E-state index is 3.67. The zero-order valence-electron chi connectivity index (χ0n) is 61.3. The monoisotopic (exact) mass is 1540 g/mol. The van der Waals surface area contributed by atoms with Gasteiger partial charge in [-0.25, -0.2) is 0 Å². The lowest BCUT2D eigenvalue weighted by atomic mass is 9.93. The average Bonchev–Trinajstić information content (AvgIpc) is 0.728. The van der Waals surface area contributed by atoms with Gasteiger partial charge in [-0.05, 0) is 259 Å². The molecule has 20 aromatic carbocycles. The molecule has 0 saturated carbocycles. The van der Waals surface area contributed by atoms with Crippen molar-refractivity contribution >= 4 is 208 Å². The molecule has 0 unspecified atom stereocenters. The maximum atomic E-state index is 3.67. The van der Waals surface area contributed by atoms with Crippen LogP contribution in [-0.2, 0) is 0 Å². The number of anilines is 12. The van der Waals surface area contributed by atoms with E-state index in [0.717, 1.165) is 77.2 Å². The smallest absolute Gasteiger partial charge is 0.0546 e. The van der Waals surface area contributed by atoms with Gasteiger partial charge < -0.3 is 19.6 Å². The zero-order chi connectivity index (χ0) is 74.1. The summed E-state index contributed by atoms with van der Waals surface area (Å²) in [5.41, 5.74) is 18.5. The van der Waals surface area contributed by atoms with Crippen molar-refractivity contribution in [2.45, 2.75) is 27.7 Å². The van der Waals surface area contributed by atoms with Gasteiger partial charge >= 0.3 is 0 Å². The van der Waals surface area contributed by atoms with Gasteiger partial charge in [-0.1, -0.05) is 285 Å². The minimum absolute atomic E-state index is 1.08. The molecule has 0 bridgehead atoms. The Balaban J connectivity index is 0.000000149. The summed E-state index contributed by atoms with van der Waals surface area (Å²) >= 11 is 7.34. The lowest BCUT2D eigenvalue weighted by molar-refractivity contribution is 1.29. The molecule has 0 spiro atoms. The van der Waals surface area contributed by atoms with Crippen molar-refractivity contribution in [2.75, 3.05) is 19.6 Å². The summed E-state index contributed by atoms with van der Waals surface area (Å²) in [6.45, 7) is 8.59. The summed E-state index contributed by atoms with van der Waals surface area (Å²) in [7, 11) is 0. The van der Waals surface area contributed by atoms with Crippen molar-refractivity contribution in [1.82, 2.24) is 0 Å². The molecule has 110 heavy (non-hydrogen) atoms. The molecule has 0 heterocycles. The Morgan fingerprint density at radius 3 is 0.609 bits per heavy atom. The van der Waals surface area contributed by atoms with Gasteiger partial charge in [0.1, 0.15) is 0 Å². The topological polar surface area (TPSA) is 13.0 Å². The SMILES string of the molecule is Cc1ccc(N(c2ccc3cc(Br)ccc3c2)c2cc3c4ccccc4c(N(c4ccc(C)cc4)c4ccc5cc(Br)ccc5c4)cc3c3ccccc23)cc1.Cc1ccc(N(c2ccc3ccccc3c2)c2cc3c4ccccc4c(N(c4ccc(C)cc4)c4ccc5ccccc5c4)cc3c3ccccc23)cc1. The molecule has 0 N–H and O–H groups in total. The Bertz CT molecular complexity index is 6570. The molecule has 0 saturated heterocycles. The van der Waals surface area contributed by atoms with E-state index in [9.17, 15) is 0 Å². The lowest BCUT2D eigenvalue weighted by Crippen LogP contribution is -2.12. The third-order valence-corrected chi connectivity index (χ3v) is 22.9. The summed E-state index contributed by atoms with van der Waals surface area (Å²) in [4.78, 5) is 9.73. The van der Waals surface area contributed by atoms with Gasteiger partial charge in [-0.15, -0.1) is 0 Å². The number of aryl methyl sites for hydroxylation is 4. The first kappa shape index (κ1) is 67.7. The van der Waals surface area contributed by atoms with Crippen molar-refractivity contribution in [3.63, 3.8) is 0 Å². The molecular formula is C104H74Br2N4. The van der Waals surface area contributed by atoms with Crippen molar-refractivity contribution in [2.24, 2.45) is 0 Å². The van der Waals surface area contributed by atoms with Gasteiger partial charge in [-0.3, -0.25) is 0 Å². The van der Waals surface area contributed by atoms with Gasteiger partial charge in [0.25, 0.3) is 0 Å². The third kappa shape index (κ3) is 12.6. The molecule has 0 aliphatic rings. The summed E-state index contributed by atoms with van der Waals surface area (Å²) in [5.74, 6) is 0. The average molecular weight is 1540 g/mol. The molecular weight excluding hydrogens is 1460 g/mol. The van der Waals surface area contributed by atoms with E-state index in [1.165, 1.54) is 130 Å². The number of nitrogens with zero attached hydrogens (tertiary/aromatic N) is 4. The number of rotatable bonds is 12. The van der Waals surface area contributed by atoms with Crippen LogP contribution in [0.1, 0.15) is 22.3 Å². The van der Waals surface area contributed by atoms with E-state index in [2.05, 4.69) is 455 Å². The summed E-state index contributed by atoms with van der Waals surface area (Å²) in [6.07, 6.45) is 0. The summed E-state index contributed by atoms with van der Waals surface area (Å²) in [6, 6.07) is 138. The molecule has 0 aliphatic heterocycles. The first-order valence-corrected chi connectivity index (χ1v) is 39.1. The predicted octanol–water partition coefficient (Wildman–Crippen LogP) is 31.5. The molecule has 0 radical (unpaired) electrons. The highest BCUT2D eigenvalue weighted by atomic mass is 79.9. The van der Waals surface area contributed by atoms with Crippen molar-refractivity contribution in [3.05, 3.63) is 407 Å². The van der Waals surface area contributed by atoms with E-state index < -0.39 is 0 Å². The lowest BCUT2D eigenvalue weighted by Gasteiger charge is -2.30. The van der Waals surface area contributed by atoms with Crippen LogP contribution in [0.3, 0.4) is 0 Å². The fourth-order valence-electron chi connectivity index (χ4n) is 16.4. The number of fused-ring (bicyclic) bond motifs is 14. The molecule has 6 heteroatoms. The second-order valence-electron chi connectivity index (χ2n) is 29.1. The fraction of sp³-hybridized carbons (Fsp3) is 0.0385. The first-order chi connectivity index (χ1) is 54.0. The van der Waals surface area contributed by atoms with Gasteiger partial charge in [0, 0.05) is 76.0 Å². The second-order valence-corrected chi connectivity index (χ2v) is 30.9. The van der Waals surface area contributed by atoms with E-state index in [1.54, 1.807) is 0 Å². The number of hydrogen-bond acceptors (Lipinski definition) is 4. The van der Waals surface area contributed by atoms with Crippen LogP contribution in [-0.4, -0.2) is 0 Å². The van der Waals surface area contributed by atoms with Crippen molar-refractivity contribution in [1.29, 1.82) is 0 Å². The largest absolute Gasteiger partial charge is 0.310 e. The van der Waals surface area contributed by atoms with Crippen LogP contribution in [0.4, 0.5) is 68.2 Å². The van der Waals surface area contributed by atoms with Crippen LogP contribution in [0.25, 0.3) is 108 Å². The number of hydrogen-bond donors (Lipinski definition) is 0. The minimum atomic E-state index is 1.08.